The Bertz CT molecular complexity index is 624. The van der Waals surface area contributed by atoms with Gasteiger partial charge in [-0.2, -0.15) is 5.10 Å². The van der Waals surface area contributed by atoms with Crippen LogP contribution in [-0.2, 0) is 6.54 Å². The first kappa shape index (κ1) is 15.6. The van der Waals surface area contributed by atoms with Gasteiger partial charge in [-0.1, -0.05) is 43.9 Å². The number of hydrogen-bond donors (Lipinski definition) is 2. The topological polar surface area (TPSA) is 68.2 Å². The molecule has 1 heterocycles. The molecule has 3 N–H and O–H groups in total. The lowest BCUT2D eigenvalue weighted by Gasteiger charge is -2.16. The van der Waals surface area contributed by atoms with Gasteiger partial charge >= 0.3 is 0 Å². The molecule has 1 aromatic heterocycles. The van der Waals surface area contributed by atoms with Crippen LogP contribution in [-0.4, -0.2) is 21.8 Å². The molecule has 2 aromatic rings. The number of rotatable bonds is 4. The number of aliphatic imine (C=N–C) groups is 1. The number of hydrogen-bond acceptors (Lipinski definition) is 2. The van der Waals surface area contributed by atoms with Gasteiger partial charge in [0.2, 0.25) is 0 Å². The summed E-state index contributed by atoms with van der Waals surface area (Å²) in [5.41, 5.74) is 7.99. The fraction of sp³-hybridized carbons (Fsp3) is 0.444. The van der Waals surface area contributed by atoms with Crippen LogP contribution < -0.4 is 11.1 Å². The van der Waals surface area contributed by atoms with Gasteiger partial charge in [0.15, 0.2) is 5.96 Å². The Hall–Kier alpha value is -2.30. The van der Waals surface area contributed by atoms with Gasteiger partial charge < -0.3 is 11.1 Å². The van der Waals surface area contributed by atoms with E-state index in [9.17, 15) is 0 Å². The van der Waals surface area contributed by atoms with Crippen LogP contribution in [0.25, 0.3) is 5.69 Å². The SMILES string of the molecule is NC(=NCc1ccn(-c2ccccc2)n1)NC1CCCCCC1. The Labute approximate surface area is 137 Å². The summed E-state index contributed by atoms with van der Waals surface area (Å²) in [6.07, 6.45) is 9.59. The van der Waals surface area contributed by atoms with E-state index in [1.165, 1.54) is 38.5 Å². The molecule has 0 aliphatic heterocycles. The van der Waals surface area contributed by atoms with Crippen molar-refractivity contribution >= 4 is 5.96 Å². The number of benzene rings is 1. The van der Waals surface area contributed by atoms with E-state index in [2.05, 4.69) is 15.4 Å². The summed E-state index contributed by atoms with van der Waals surface area (Å²) in [5.74, 6) is 0.533. The molecule has 5 nitrogen and oxygen atoms in total. The zero-order valence-corrected chi connectivity index (χ0v) is 13.5. The van der Waals surface area contributed by atoms with Gasteiger partial charge in [0.25, 0.3) is 0 Å². The molecule has 0 bridgehead atoms. The summed E-state index contributed by atoms with van der Waals surface area (Å²) < 4.78 is 1.86. The summed E-state index contributed by atoms with van der Waals surface area (Å²) in [7, 11) is 0. The molecular weight excluding hydrogens is 286 g/mol. The average Bonchev–Trinajstić information content (AvgIpc) is 2.91. The van der Waals surface area contributed by atoms with E-state index in [4.69, 9.17) is 5.73 Å². The van der Waals surface area contributed by atoms with Crippen LogP contribution in [0, 0.1) is 0 Å². The van der Waals surface area contributed by atoms with Gasteiger partial charge in [0.1, 0.15) is 0 Å². The van der Waals surface area contributed by atoms with Crippen molar-refractivity contribution in [1.82, 2.24) is 15.1 Å². The van der Waals surface area contributed by atoms with E-state index >= 15 is 0 Å². The maximum Gasteiger partial charge on any atom is 0.189 e. The van der Waals surface area contributed by atoms with Gasteiger partial charge in [-0.3, -0.25) is 0 Å². The minimum Gasteiger partial charge on any atom is -0.370 e. The summed E-state index contributed by atoms with van der Waals surface area (Å²) in [4.78, 5) is 4.43. The molecule has 0 amide bonds. The normalized spacial score (nSPS) is 17.0. The summed E-state index contributed by atoms with van der Waals surface area (Å²) in [6, 6.07) is 12.5. The summed E-state index contributed by atoms with van der Waals surface area (Å²) in [5, 5.41) is 7.90. The van der Waals surface area contributed by atoms with Gasteiger partial charge in [-0.15, -0.1) is 0 Å². The van der Waals surface area contributed by atoms with Gasteiger partial charge in [0.05, 0.1) is 17.9 Å². The van der Waals surface area contributed by atoms with Crippen molar-refractivity contribution in [2.75, 3.05) is 0 Å². The Morgan fingerprint density at radius 1 is 1.13 bits per heavy atom. The van der Waals surface area contributed by atoms with Crippen LogP contribution in [0.4, 0.5) is 0 Å². The van der Waals surface area contributed by atoms with E-state index in [0.717, 1.165) is 11.4 Å². The first-order valence-electron chi connectivity index (χ1n) is 8.48. The number of nitrogens with two attached hydrogens (primary N) is 1. The van der Waals surface area contributed by atoms with E-state index < -0.39 is 0 Å². The largest absolute Gasteiger partial charge is 0.370 e. The van der Waals surface area contributed by atoms with Gasteiger partial charge in [0, 0.05) is 12.2 Å². The number of guanidine groups is 1. The molecule has 23 heavy (non-hydrogen) atoms. The fourth-order valence-corrected chi connectivity index (χ4v) is 3.02. The second-order valence-electron chi connectivity index (χ2n) is 6.12. The molecule has 1 aromatic carbocycles. The third-order valence-corrected chi connectivity index (χ3v) is 4.28. The third kappa shape index (κ3) is 4.58. The first-order chi connectivity index (χ1) is 11.3. The van der Waals surface area contributed by atoms with E-state index in [0.29, 0.717) is 18.5 Å². The molecule has 0 unspecified atom stereocenters. The highest BCUT2D eigenvalue weighted by Gasteiger charge is 2.12. The number of nitrogens with zero attached hydrogens (tertiary/aromatic N) is 3. The highest BCUT2D eigenvalue weighted by Crippen LogP contribution is 2.17. The Balaban J connectivity index is 1.55. The second kappa shape index (κ2) is 7.81. The molecule has 0 saturated heterocycles. The van der Waals surface area contributed by atoms with Crippen LogP contribution in [0.1, 0.15) is 44.2 Å². The van der Waals surface area contributed by atoms with Crippen molar-refractivity contribution in [3.8, 4) is 5.69 Å². The fourth-order valence-electron chi connectivity index (χ4n) is 3.02. The van der Waals surface area contributed by atoms with Crippen molar-refractivity contribution in [2.45, 2.75) is 51.1 Å². The predicted octanol–water partition coefficient (Wildman–Crippen LogP) is 3.00. The van der Waals surface area contributed by atoms with Gasteiger partial charge in [-0.05, 0) is 31.0 Å². The highest BCUT2D eigenvalue weighted by molar-refractivity contribution is 5.78. The molecule has 0 spiro atoms. The zero-order valence-electron chi connectivity index (χ0n) is 13.5. The first-order valence-corrected chi connectivity index (χ1v) is 8.48. The molecule has 122 valence electrons. The zero-order chi connectivity index (χ0) is 15.9. The molecule has 1 fully saturated rings. The number of para-hydroxylation sites is 1. The van der Waals surface area contributed by atoms with Crippen molar-refractivity contribution < 1.29 is 0 Å². The monoisotopic (exact) mass is 311 g/mol. The third-order valence-electron chi connectivity index (χ3n) is 4.28. The van der Waals surface area contributed by atoms with Crippen LogP contribution in [0.3, 0.4) is 0 Å². The van der Waals surface area contributed by atoms with Crippen molar-refractivity contribution in [1.29, 1.82) is 0 Å². The van der Waals surface area contributed by atoms with Crippen LogP contribution in [0.5, 0.6) is 0 Å². The highest BCUT2D eigenvalue weighted by atomic mass is 15.3. The smallest absolute Gasteiger partial charge is 0.189 e. The number of nitrogens with one attached hydrogen (secondary N) is 1. The molecule has 0 atom stereocenters. The maximum atomic E-state index is 6.03. The quantitative estimate of drug-likeness (QED) is 0.518. The number of aromatic nitrogens is 2. The van der Waals surface area contributed by atoms with E-state index in [-0.39, 0.29) is 0 Å². The minimum absolute atomic E-state index is 0.475. The van der Waals surface area contributed by atoms with Crippen molar-refractivity contribution in [3.63, 3.8) is 0 Å². The van der Waals surface area contributed by atoms with Crippen LogP contribution in [0.15, 0.2) is 47.6 Å². The van der Waals surface area contributed by atoms with Crippen LogP contribution >= 0.6 is 0 Å². The second-order valence-corrected chi connectivity index (χ2v) is 6.12. The lowest BCUT2D eigenvalue weighted by molar-refractivity contribution is 0.530. The maximum absolute atomic E-state index is 6.03. The molecule has 1 saturated carbocycles. The van der Waals surface area contributed by atoms with Crippen LogP contribution in [0.2, 0.25) is 0 Å². The summed E-state index contributed by atoms with van der Waals surface area (Å²) in [6.45, 7) is 0.505. The molecule has 1 aliphatic carbocycles. The Kier molecular flexibility index (Phi) is 5.29. The molecule has 5 heteroatoms. The van der Waals surface area contributed by atoms with E-state index in [1.807, 2.05) is 47.3 Å². The molecule has 0 radical (unpaired) electrons. The molecule has 3 rings (SSSR count). The Morgan fingerprint density at radius 2 is 1.87 bits per heavy atom. The Morgan fingerprint density at radius 3 is 2.61 bits per heavy atom. The standard InChI is InChI=1S/C18H25N5/c19-18(21-15-8-4-1-2-5-9-15)20-14-16-12-13-23(22-16)17-10-6-3-7-11-17/h3,6-7,10-13,15H,1-2,4-5,8-9,14H2,(H3,19,20,21). The average molecular weight is 311 g/mol. The van der Waals surface area contributed by atoms with Crippen molar-refractivity contribution in [2.24, 2.45) is 10.7 Å². The summed E-state index contributed by atoms with van der Waals surface area (Å²) >= 11 is 0. The van der Waals surface area contributed by atoms with Gasteiger partial charge in [-0.25, -0.2) is 9.67 Å². The lowest BCUT2D eigenvalue weighted by Crippen LogP contribution is -2.39. The van der Waals surface area contributed by atoms with E-state index in [1.54, 1.807) is 0 Å². The lowest BCUT2D eigenvalue weighted by atomic mass is 10.1. The molecular formula is C18H25N5. The minimum atomic E-state index is 0.475. The predicted molar refractivity (Wildman–Crippen MR) is 93.5 cm³/mol. The van der Waals surface area contributed by atoms with Crippen molar-refractivity contribution in [3.05, 3.63) is 48.3 Å². The molecule has 1 aliphatic rings.